The summed E-state index contributed by atoms with van der Waals surface area (Å²) in [6.07, 6.45) is -2.61. The third-order valence-corrected chi connectivity index (χ3v) is 4.25. The van der Waals surface area contributed by atoms with Gasteiger partial charge in [0.05, 0.1) is 11.7 Å². The molecule has 0 fully saturated rings. The van der Waals surface area contributed by atoms with E-state index in [0.717, 1.165) is 30.6 Å². The van der Waals surface area contributed by atoms with Gasteiger partial charge in [0.1, 0.15) is 0 Å². The zero-order chi connectivity index (χ0) is 16.5. The van der Waals surface area contributed by atoms with Gasteiger partial charge in [-0.3, -0.25) is 0 Å². The molecule has 0 aliphatic carbocycles. The lowest BCUT2D eigenvalue weighted by Crippen LogP contribution is -2.41. The van der Waals surface area contributed by atoms with Gasteiger partial charge < -0.3 is 9.64 Å². The fourth-order valence-electron chi connectivity index (χ4n) is 3.01. The zero-order valence-corrected chi connectivity index (χ0v) is 13.6. The summed E-state index contributed by atoms with van der Waals surface area (Å²) in [5.74, 6) is 0. The lowest BCUT2D eigenvalue weighted by atomic mass is 9.80. The summed E-state index contributed by atoms with van der Waals surface area (Å²) in [7, 11) is 1.65. The number of anilines is 1. The summed E-state index contributed by atoms with van der Waals surface area (Å²) in [4.78, 5) is 2.07. The zero-order valence-electron chi connectivity index (χ0n) is 13.6. The maximum absolute atomic E-state index is 13.0. The Hall–Kier alpha value is -1.23. The van der Waals surface area contributed by atoms with Crippen LogP contribution in [0.4, 0.5) is 18.9 Å². The van der Waals surface area contributed by atoms with Crippen molar-refractivity contribution in [3.05, 3.63) is 29.3 Å². The van der Waals surface area contributed by atoms with Gasteiger partial charge in [-0.2, -0.15) is 13.2 Å². The van der Waals surface area contributed by atoms with Crippen molar-refractivity contribution in [3.8, 4) is 0 Å². The molecule has 1 aromatic carbocycles. The Morgan fingerprint density at radius 3 is 2.59 bits per heavy atom. The number of hydrogen-bond donors (Lipinski definition) is 0. The van der Waals surface area contributed by atoms with Crippen molar-refractivity contribution in [1.82, 2.24) is 0 Å². The number of benzene rings is 1. The van der Waals surface area contributed by atoms with Gasteiger partial charge in [0.15, 0.2) is 0 Å². The molecule has 0 bridgehead atoms. The van der Waals surface area contributed by atoms with E-state index in [9.17, 15) is 13.2 Å². The molecule has 2 nitrogen and oxygen atoms in total. The highest BCUT2D eigenvalue weighted by Crippen LogP contribution is 2.40. The fourth-order valence-corrected chi connectivity index (χ4v) is 3.01. The van der Waals surface area contributed by atoms with Crippen molar-refractivity contribution in [2.24, 2.45) is 5.41 Å². The molecule has 0 radical (unpaired) electrons. The maximum Gasteiger partial charge on any atom is 0.416 e. The molecule has 1 aliphatic rings. The molecule has 0 amide bonds. The van der Waals surface area contributed by atoms with Gasteiger partial charge in [0, 0.05) is 25.9 Å². The molecule has 2 rings (SSSR count). The number of ether oxygens (including phenoxy) is 1. The Kier molecular flexibility index (Phi) is 4.76. The molecule has 1 unspecified atom stereocenters. The molecule has 1 atom stereocenters. The van der Waals surface area contributed by atoms with E-state index in [-0.39, 0.29) is 11.5 Å². The van der Waals surface area contributed by atoms with Crippen LogP contribution in [0, 0.1) is 5.41 Å². The molecule has 124 valence electrons. The highest BCUT2D eigenvalue weighted by molar-refractivity contribution is 5.58. The Bertz CT molecular complexity index is 525. The summed E-state index contributed by atoms with van der Waals surface area (Å²) in [5.41, 5.74) is 1.20. The highest BCUT2D eigenvalue weighted by Gasteiger charge is 2.35. The van der Waals surface area contributed by atoms with E-state index >= 15 is 0 Å². The lowest BCUT2D eigenvalue weighted by molar-refractivity contribution is -0.137. The van der Waals surface area contributed by atoms with Crippen molar-refractivity contribution in [2.75, 3.05) is 25.1 Å². The van der Waals surface area contributed by atoms with Crippen LogP contribution < -0.4 is 4.90 Å². The number of hydrogen-bond acceptors (Lipinski definition) is 2. The van der Waals surface area contributed by atoms with Crippen molar-refractivity contribution in [2.45, 2.75) is 45.9 Å². The van der Waals surface area contributed by atoms with Crippen LogP contribution in [0.15, 0.2) is 18.2 Å². The van der Waals surface area contributed by atoms with Gasteiger partial charge >= 0.3 is 6.18 Å². The average molecular weight is 315 g/mol. The molecule has 1 aliphatic heterocycles. The second-order valence-electron chi connectivity index (χ2n) is 6.94. The van der Waals surface area contributed by atoms with E-state index < -0.39 is 11.7 Å². The average Bonchev–Trinajstić information content (AvgIpc) is 2.41. The monoisotopic (exact) mass is 315 g/mol. The molecule has 0 saturated carbocycles. The Morgan fingerprint density at radius 2 is 2.00 bits per heavy atom. The minimum Gasteiger partial charge on any atom is -0.382 e. The van der Waals surface area contributed by atoms with Gasteiger partial charge in [0.2, 0.25) is 0 Å². The van der Waals surface area contributed by atoms with Crippen LogP contribution >= 0.6 is 0 Å². The van der Waals surface area contributed by atoms with Crippen molar-refractivity contribution in [3.63, 3.8) is 0 Å². The summed E-state index contributed by atoms with van der Waals surface area (Å²) >= 11 is 0. The van der Waals surface area contributed by atoms with Crippen LogP contribution in [0.5, 0.6) is 0 Å². The molecule has 0 spiro atoms. The normalized spacial score (nSPS) is 19.0. The van der Waals surface area contributed by atoms with Gasteiger partial charge in [0.25, 0.3) is 0 Å². The van der Waals surface area contributed by atoms with Crippen LogP contribution in [0.25, 0.3) is 0 Å². The molecular formula is C17H24F3NO. The maximum atomic E-state index is 13.0. The summed E-state index contributed by atoms with van der Waals surface area (Å²) in [6, 6.07) is 4.12. The standard InChI is InChI=1S/C17H24F3NO/c1-12(22-4)7-8-21-11-16(2,3)10-13-5-6-14(9-15(13)21)17(18,19)20/h5-6,9,12H,7-8,10-11H2,1-4H3. The second kappa shape index (κ2) is 6.11. The molecule has 0 aromatic heterocycles. The Balaban J connectivity index is 2.31. The molecule has 0 N–H and O–H groups in total. The number of nitrogens with zero attached hydrogens (tertiary/aromatic N) is 1. The lowest BCUT2D eigenvalue weighted by Gasteiger charge is -2.41. The summed E-state index contributed by atoms with van der Waals surface area (Å²) in [5, 5.41) is 0. The number of alkyl halides is 3. The van der Waals surface area contributed by atoms with E-state index in [2.05, 4.69) is 18.7 Å². The molecule has 22 heavy (non-hydrogen) atoms. The Morgan fingerprint density at radius 1 is 1.32 bits per heavy atom. The molecule has 5 heteroatoms. The number of halogens is 3. The first-order valence-corrected chi connectivity index (χ1v) is 7.60. The largest absolute Gasteiger partial charge is 0.416 e. The third kappa shape index (κ3) is 3.94. The minimum atomic E-state index is -4.30. The smallest absolute Gasteiger partial charge is 0.382 e. The van der Waals surface area contributed by atoms with Crippen LogP contribution in [0.1, 0.15) is 38.3 Å². The van der Waals surface area contributed by atoms with Crippen LogP contribution in [-0.4, -0.2) is 26.3 Å². The topological polar surface area (TPSA) is 12.5 Å². The van der Waals surface area contributed by atoms with Crippen molar-refractivity contribution < 1.29 is 17.9 Å². The quantitative estimate of drug-likeness (QED) is 0.810. The summed E-state index contributed by atoms with van der Waals surface area (Å²) < 4.78 is 44.2. The first kappa shape index (κ1) is 17.1. The molecular weight excluding hydrogens is 291 g/mol. The van der Waals surface area contributed by atoms with Gasteiger partial charge in [-0.1, -0.05) is 19.9 Å². The number of rotatable bonds is 4. The fraction of sp³-hybridized carbons (Fsp3) is 0.647. The SMILES string of the molecule is COC(C)CCN1CC(C)(C)Cc2ccc(C(F)(F)F)cc21. The van der Waals surface area contributed by atoms with Crippen molar-refractivity contribution >= 4 is 5.69 Å². The first-order chi connectivity index (χ1) is 10.1. The Labute approximate surface area is 130 Å². The van der Waals surface area contributed by atoms with Crippen LogP contribution in [0.2, 0.25) is 0 Å². The van der Waals surface area contributed by atoms with Gasteiger partial charge in [-0.25, -0.2) is 0 Å². The highest BCUT2D eigenvalue weighted by atomic mass is 19.4. The first-order valence-electron chi connectivity index (χ1n) is 7.60. The molecule has 0 saturated heterocycles. The number of fused-ring (bicyclic) bond motifs is 1. The van der Waals surface area contributed by atoms with E-state index in [1.54, 1.807) is 13.2 Å². The van der Waals surface area contributed by atoms with Gasteiger partial charge in [-0.15, -0.1) is 0 Å². The minimum absolute atomic E-state index is 0.0586. The summed E-state index contributed by atoms with van der Waals surface area (Å²) in [6.45, 7) is 7.74. The van der Waals surface area contributed by atoms with E-state index in [1.165, 1.54) is 12.1 Å². The second-order valence-corrected chi connectivity index (χ2v) is 6.94. The third-order valence-electron chi connectivity index (χ3n) is 4.25. The van der Waals surface area contributed by atoms with Crippen LogP contribution in [0.3, 0.4) is 0 Å². The van der Waals surface area contributed by atoms with E-state index in [4.69, 9.17) is 4.74 Å². The predicted octanol–water partition coefficient (Wildman–Crippen LogP) is 4.52. The van der Waals surface area contributed by atoms with E-state index in [0.29, 0.717) is 6.54 Å². The van der Waals surface area contributed by atoms with Crippen molar-refractivity contribution in [1.29, 1.82) is 0 Å². The molecule has 1 aromatic rings. The molecule has 1 heterocycles. The van der Waals surface area contributed by atoms with Gasteiger partial charge in [-0.05, 0) is 42.9 Å². The predicted molar refractivity (Wildman–Crippen MR) is 82.2 cm³/mol. The number of methoxy groups -OCH3 is 1. The van der Waals surface area contributed by atoms with E-state index in [1.807, 2.05) is 6.92 Å². The van der Waals surface area contributed by atoms with Crippen LogP contribution in [-0.2, 0) is 17.3 Å².